The third kappa shape index (κ3) is 9.16. The molecule has 0 unspecified atom stereocenters. The minimum atomic E-state index is -0.472. The summed E-state index contributed by atoms with van der Waals surface area (Å²) in [5.41, 5.74) is -0.729. The lowest BCUT2D eigenvalue weighted by Crippen LogP contribution is -2.38. The van der Waals surface area contributed by atoms with Crippen LogP contribution in [-0.4, -0.2) is 23.8 Å². The molecule has 0 rings (SSSR count). The van der Waals surface area contributed by atoms with Gasteiger partial charge in [-0.25, -0.2) is 0 Å². The topological polar surface area (TPSA) is 35.5 Å². The number of rotatable bonds is 8. The number of carbonyl (C=O) groups is 1. The minimum Gasteiger partial charge on any atom is -0.460 e. The van der Waals surface area contributed by atoms with Gasteiger partial charge in [0.2, 0.25) is 0 Å². The molecule has 0 spiro atoms. The van der Waals surface area contributed by atoms with Gasteiger partial charge < -0.3 is 9.47 Å². The SMILES string of the molecule is CCCCCOC(C)(C)CC(C)(C)OC(C)=O. The van der Waals surface area contributed by atoms with Gasteiger partial charge in [0.25, 0.3) is 0 Å². The van der Waals surface area contributed by atoms with E-state index in [2.05, 4.69) is 6.92 Å². The normalized spacial score (nSPS) is 12.6. The van der Waals surface area contributed by atoms with E-state index in [9.17, 15) is 4.79 Å². The lowest BCUT2D eigenvalue weighted by Gasteiger charge is -2.34. The number of unbranched alkanes of at least 4 members (excludes halogenated alkanes) is 2. The Bertz CT molecular complexity index is 232. The van der Waals surface area contributed by atoms with Gasteiger partial charge in [-0.15, -0.1) is 0 Å². The largest absolute Gasteiger partial charge is 0.460 e. The van der Waals surface area contributed by atoms with E-state index in [1.165, 1.54) is 19.8 Å². The second-order valence-corrected chi connectivity index (χ2v) is 5.85. The third-order valence-corrected chi connectivity index (χ3v) is 2.51. The van der Waals surface area contributed by atoms with E-state index >= 15 is 0 Å². The van der Waals surface area contributed by atoms with Crippen molar-refractivity contribution < 1.29 is 14.3 Å². The quantitative estimate of drug-likeness (QED) is 0.482. The maximum Gasteiger partial charge on any atom is 0.303 e. The highest BCUT2D eigenvalue weighted by atomic mass is 16.6. The monoisotopic (exact) mass is 244 g/mol. The van der Waals surface area contributed by atoms with Crippen molar-refractivity contribution in [3.05, 3.63) is 0 Å². The molecular formula is C14H28O3. The Morgan fingerprint density at radius 2 is 1.65 bits per heavy atom. The molecular weight excluding hydrogens is 216 g/mol. The fourth-order valence-corrected chi connectivity index (χ4v) is 2.20. The minimum absolute atomic E-state index is 0.239. The summed E-state index contributed by atoms with van der Waals surface area (Å²) in [6.07, 6.45) is 4.19. The predicted molar refractivity (Wildman–Crippen MR) is 70.0 cm³/mol. The molecule has 0 radical (unpaired) electrons. The lowest BCUT2D eigenvalue weighted by atomic mass is 9.92. The Labute approximate surface area is 106 Å². The van der Waals surface area contributed by atoms with Crippen LogP contribution < -0.4 is 0 Å². The Kier molecular flexibility index (Phi) is 6.76. The molecule has 0 saturated carbocycles. The summed E-state index contributed by atoms with van der Waals surface area (Å²) in [6.45, 7) is 12.3. The van der Waals surface area contributed by atoms with Crippen LogP contribution in [0, 0.1) is 0 Å². The van der Waals surface area contributed by atoms with Gasteiger partial charge in [-0.3, -0.25) is 4.79 Å². The molecule has 102 valence electrons. The van der Waals surface area contributed by atoms with Gasteiger partial charge in [0.05, 0.1) is 5.60 Å². The number of esters is 1. The van der Waals surface area contributed by atoms with Crippen molar-refractivity contribution in [3.63, 3.8) is 0 Å². The van der Waals surface area contributed by atoms with Crippen LogP contribution in [0.1, 0.15) is 67.2 Å². The van der Waals surface area contributed by atoms with Crippen molar-refractivity contribution in [2.75, 3.05) is 6.61 Å². The standard InChI is InChI=1S/C14H28O3/c1-7-8-9-10-16-13(3,4)11-14(5,6)17-12(2)15/h7-11H2,1-6H3. The summed E-state index contributed by atoms with van der Waals surface area (Å²) in [4.78, 5) is 11.0. The first-order chi connectivity index (χ1) is 7.68. The second kappa shape index (κ2) is 7.00. The molecule has 0 fully saturated rings. The molecule has 0 saturated heterocycles. The predicted octanol–water partition coefficient (Wildman–Crippen LogP) is 3.70. The molecule has 17 heavy (non-hydrogen) atoms. The molecule has 0 aliphatic heterocycles. The van der Waals surface area contributed by atoms with E-state index in [-0.39, 0.29) is 11.6 Å². The van der Waals surface area contributed by atoms with E-state index in [4.69, 9.17) is 9.47 Å². The summed E-state index contributed by atoms with van der Waals surface area (Å²) < 4.78 is 11.1. The van der Waals surface area contributed by atoms with Crippen LogP contribution in [0.3, 0.4) is 0 Å². The number of hydrogen-bond acceptors (Lipinski definition) is 3. The summed E-state index contributed by atoms with van der Waals surface area (Å²) in [6, 6.07) is 0. The first-order valence-electron chi connectivity index (χ1n) is 6.52. The van der Waals surface area contributed by atoms with Gasteiger partial charge in [0.1, 0.15) is 5.60 Å². The molecule has 0 aromatic heterocycles. The summed E-state index contributed by atoms with van der Waals surface area (Å²) >= 11 is 0. The maximum atomic E-state index is 11.0. The highest BCUT2D eigenvalue weighted by molar-refractivity contribution is 5.66. The second-order valence-electron chi connectivity index (χ2n) is 5.85. The Morgan fingerprint density at radius 3 is 2.12 bits per heavy atom. The molecule has 3 heteroatoms. The molecule has 0 heterocycles. The zero-order chi connectivity index (χ0) is 13.5. The van der Waals surface area contributed by atoms with Crippen molar-refractivity contribution in [3.8, 4) is 0 Å². The molecule has 0 bridgehead atoms. The van der Waals surface area contributed by atoms with Crippen LogP contribution in [-0.2, 0) is 14.3 Å². The number of ether oxygens (including phenoxy) is 2. The average Bonchev–Trinajstić information content (AvgIpc) is 2.08. The average molecular weight is 244 g/mol. The molecule has 0 aromatic rings. The summed E-state index contributed by atoms with van der Waals surface area (Å²) in [5.74, 6) is -0.239. The Hall–Kier alpha value is -0.570. The first-order valence-corrected chi connectivity index (χ1v) is 6.52. The van der Waals surface area contributed by atoms with Gasteiger partial charge in [0.15, 0.2) is 0 Å². The van der Waals surface area contributed by atoms with Crippen molar-refractivity contribution >= 4 is 5.97 Å². The van der Waals surface area contributed by atoms with Crippen LogP contribution in [0.5, 0.6) is 0 Å². The highest BCUT2D eigenvalue weighted by Crippen LogP contribution is 2.26. The number of carbonyl (C=O) groups excluding carboxylic acids is 1. The van der Waals surface area contributed by atoms with Gasteiger partial charge in [-0.1, -0.05) is 19.8 Å². The van der Waals surface area contributed by atoms with Crippen molar-refractivity contribution in [1.82, 2.24) is 0 Å². The first kappa shape index (κ1) is 16.4. The fourth-order valence-electron chi connectivity index (χ4n) is 2.20. The van der Waals surface area contributed by atoms with E-state index in [1.807, 2.05) is 27.7 Å². The van der Waals surface area contributed by atoms with Crippen LogP contribution in [0.15, 0.2) is 0 Å². The Morgan fingerprint density at radius 1 is 1.06 bits per heavy atom. The molecule has 0 atom stereocenters. The molecule has 0 amide bonds. The van der Waals surface area contributed by atoms with E-state index < -0.39 is 5.60 Å². The van der Waals surface area contributed by atoms with Gasteiger partial charge in [0, 0.05) is 20.0 Å². The van der Waals surface area contributed by atoms with Crippen molar-refractivity contribution in [1.29, 1.82) is 0 Å². The molecule has 0 aliphatic carbocycles. The van der Waals surface area contributed by atoms with E-state index in [1.54, 1.807) is 0 Å². The van der Waals surface area contributed by atoms with Crippen LogP contribution in [0.4, 0.5) is 0 Å². The molecule has 0 aromatic carbocycles. The van der Waals surface area contributed by atoms with Gasteiger partial charge in [-0.05, 0) is 34.1 Å². The van der Waals surface area contributed by atoms with Gasteiger partial charge in [-0.2, -0.15) is 0 Å². The van der Waals surface area contributed by atoms with Crippen molar-refractivity contribution in [2.24, 2.45) is 0 Å². The lowest BCUT2D eigenvalue weighted by molar-refractivity contribution is -0.160. The number of hydrogen-bond donors (Lipinski definition) is 0. The zero-order valence-corrected chi connectivity index (χ0v) is 12.3. The van der Waals surface area contributed by atoms with Gasteiger partial charge >= 0.3 is 5.97 Å². The zero-order valence-electron chi connectivity index (χ0n) is 12.3. The maximum absolute atomic E-state index is 11.0. The van der Waals surface area contributed by atoms with Crippen LogP contribution >= 0.6 is 0 Å². The highest BCUT2D eigenvalue weighted by Gasteiger charge is 2.31. The van der Waals surface area contributed by atoms with Crippen LogP contribution in [0.2, 0.25) is 0 Å². The van der Waals surface area contributed by atoms with E-state index in [0.29, 0.717) is 6.42 Å². The fraction of sp³-hybridized carbons (Fsp3) is 0.929. The van der Waals surface area contributed by atoms with Crippen LogP contribution in [0.25, 0.3) is 0 Å². The molecule has 3 nitrogen and oxygen atoms in total. The Balaban J connectivity index is 4.09. The summed E-state index contributed by atoms with van der Waals surface area (Å²) in [5, 5.41) is 0. The molecule has 0 N–H and O–H groups in total. The molecule has 0 aliphatic rings. The smallest absolute Gasteiger partial charge is 0.303 e. The third-order valence-electron chi connectivity index (χ3n) is 2.51. The van der Waals surface area contributed by atoms with E-state index in [0.717, 1.165) is 13.0 Å². The van der Waals surface area contributed by atoms with Crippen molar-refractivity contribution in [2.45, 2.75) is 78.4 Å². The summed E-state index contributed by atoms with van der Waals surface area (Å²) in [7, 11) is 0.